The molecule has 1 fully saturated rings. The second kappa shape index (κ2) is 7.34. The molecule has 2 rings (SSSR count). The molecular formula is C17H23NO5S. The van der Waals surface area contributed by atoms with Gasteiger partial charge in [0.15, 0.2) is 9.84 Å². The molecule has 132 valence electrons. The number of hydrogen-bond donors (Lipinski definition) is 2. The largest absolute Gasteiger partial charge is 0.480 e. The molecule has 0 bridgehead atoms. The van der Waals surface area contributed by atoms with E-state index in [-0.39, 0.29) is 23.0 Å². The summed E-state index contributed by atoms with van der Waals surface area (Å²) in [7, 11) is -3.27. The van der Waals surface area contributed by atoms with E-state index in [9.17, 15) is 23.1 Å². The lowest BCUT2D eigenvalue weighted by molar-refractivity contribution is -0.149. The molecule has 1 saturated carbocycles. The summed E-state index contributed by atoms with van der Waals surface area (Å²) in [6, 6.07) is 6.15. The van der Waals surface area contributed by atoms with Gasteiger partial charge in [-0.25, -0.2) is 13.2 Å². The maximum absolute atomic E-state index is 12.2. The lowest BCUT2D eigenvalue weighted by atomic mass is 9.81. The van der Waals surface area contributed by atoms with Crippen LogP contribution in [-0.2, 0) is 25.8 Å². The molecule has 0 radical (unpaired) electrons. The standard InChI is InChI=1S/C17H23NO5S/c1-2-24(22,23)14-8-6-13(7-9-14)12-15(19)18-17(16(20)21)10-4-3-5-11-17/h6-9H,2-5,10-12H2,1H3,(H,18,19)(H,20,21). The number of benzene rings is 1. The van der Waals surface area contributed by atoms with E-state index in [4.69, 9.17) is 0 Å². The summed E-state index contributed by atoms with van der Waals surface area (Å²) < 4.78 is 23.5. The minimum atomic E-state index is -3.27. The van der Waals surface area contributed by atoms with Gasteiger partial charge in [-0.05, 0) is 30.5 Å². The Morgan fingerprint density at radius 2 is 1.71 bits per heavy atom. The first-order valence-corrected chi connectivity index (χ1v) is 9.80. The summed E-state index contributed by atoms with van der Waals surface area (Å²) in [6.45, 7) is 1.58. The molecule has 0 heterocycles. The van der Waals surface area contributed by atoms with E-state index in [2.05, 4.69) is 5.32 Å². The number of rotatable bonds is 6. The zero-order valence-electron chi connectivity index (χ0n) is 13.7. The Balaban J connectivity index is 2.05. The molecule has 0 unspecified atom stereocenters. The van der Waals surface area contributed by atoms with Crippen molar-refractivity contribution < 1.29 is 23.1 Å². The van der Waals surface area contributed by atoms with E-state index >= 15 is 0 Å². The molecule has 24 heavy (non-hydrogen) atoms. The fraction of sp³-hybridized carbons (Fsp3) is 0.529. The van der Waals surface area contributed by atoms with Gasteiger partial charge in [0.1, 0.15) is 5.54 Å². The Bertz CT molecular complexity index is 703. The fourth-order valence-electron chi connectivity index (χ4n) is 3.03. The van der Waals surface area contributed by atoms with Crippen molar-refractivity contribution in [3.05, 3.63) is 29.8 Å². The van der Waals surface area contributed by atoms with Gasteiger partial charge >= 0.3 is 5.97 Å². The number of carbonyl (C=O) groups excluding carboxylic acids is 1. The molecule has 0 aliphatic heterocycles. The highest BCUT2D eigenvalue weighted by Crippen LogP contribution is 2.28. The lowest BCUT2D eigenvalue weighted by Crippen LogP contribution is -2.55. The van der Waals surface area contributed by atoms with Crippen LogP contribution in [0.1, 0.15) is 44.6 Å². The van der Waals surface area contributed by atoms with E-state index in [1.807, 2.05) is 0 Å². The van der Waals surface area contributed by atoms with Crippen LogP contribution in [0, 0.1) is 0 Å². The summed E-state index contributed by atoms with van der Waals surface area (Å²) in [5, 5.41) is 12.2. The van der Waals surface area contributed by atoms with Crippen molar-refractivity contribution >= 4 is 21.7 Å². The van der Waals surface area contributed by atoms with Crippen molar-refractivity contribution in [1.29, 1.82) is 0 Å². The molecule has 1 aromatic rings. The molecule has 7 heteroatoms. The second-order valence-electron chi connectivity index (χ2n) is 6.22. The van der Waals surface area contributed by atoms with Crippen molar-refractivity contribution in [3.63, 3.8) is 0 Å². The Hall–Kier alpha value is -1.89. The number of hydrogen-bond acceptors (Lipinski definition) is 4. The molecule has 0 atom stereocenters. The number of aliphatic carboxylic acids is 1. The predicted molar refractivity (Wildman–Crippen MR) is 89.5 cm³/mol. The number of amides is 1. The Kier molecular flexibility index (Phi) is 5.64. The smallest absolute Gasteiger partial charge is 0.329 e. The maximum Gasteiger partial charge on any atom is 0.329 e. The number of nitrogens with one attached hydrogen (secondary N) is 1. The Morgan fingerprint density at radius 1 is 1.12 bits per heavy atom. The quantitative estimate of drug-likeness (QED) is 0.814. The molecule has 0 saturated heterocycles. The first-order chi connectivity index (χ1) is 11.3. The van der Waals surface area contributed by atoms with E-state index in [1.54, 1.807) is 19.1 Å². The zero-order valence-corrected chi connectivity index (χ0v) is 14.6. The highest BCUT2D eigenvalue weighted by Gasteiger charge is 2.40. The maximum atomic E-state index is 12.2. The van der Waals surface area contributed by atoms with E-state index in [0.29, 0.717) is 18.4 Å². The molecule has 6 nitrogen and oxygen atoms in total. The Morgan fingerprint density at radius 3 is 2.21 bits per heavy atom. The molecule has 1 amide bonds. The second-order valence-corrected chi connectivity index (χ2v) is 8.50. The van der Waals surface area contributed by atoms with E-state index in [1.165, 1.54) is 12.1 Å². The van der Waals surface area contributed by atoms with Gasteiger partial charge in [-0.2, -0.15) is 0 Å². The highest BCUT2D eigenvalue weighted by molar-refractivity contribution is 7.91. The van der Waals surface area contributed by atoms with Crippen LogP contribution in [0.2, 0.25) is 0 Å². The number of sulfone groups is 1. The van der Waals surface area contributed by atoms with Crippen molar-refractivity contribution in [3.8, 4) is 0 Å². The molecule has 0 spiro atoms. The SMILES string of the molecule is CCS(=O)(=O)c1ccc(CC(=O)NC2(C(=O)O)CCCCC2)cc1. The van der Waals surface area contributed by atoms with E-state index in [0.717, 1.165) is 19.3 Å². The zero-order chi connectivity index (χ0) is 17.8. The average molecular weight is 353 g/mol. The van der Waals surface area contributed by atoms with Gasteiger partial charge in [0.05, 0.1) is 17.1 Å². The van der Waals surface area contributed by atoms with Crippen LogP contribution in [0.5, 0.6) is 0 Å². The van der Waals surface area contributed by atoms with Crippen LogP contribution < -0.4 is 5.32 Å². The van der Waals surface area contributed by atoms with Crippen LogP contribution in [0.4, 0.5) is 0 Å². The third-order valence-corrected chi connectivity index (χ3v) is 6.27. The summed E-state index contributed by atoms with van der Waals surface area (Å²) >= 11 is 0. The van der Waals surface area contributed by atoms with Gasteiger partial charge in [0, 0.05) is 0 Å². The first kappa shape index (κ1) is 18.4. The third-order valence-electron chi connectivity index (χ3n) is 4.52. The van der Waals surface area contributed by atoms with Crippen molar-refractivity contribution in [2.24, 2.45) is 0 Å². The predicted octanol–water partition coefficient (Wildman–Crippen LogP) is 1.93. The molecule has 1 aliphatic carbocycles. The van der Waals surface area contributed by atoms with Crippen LogP contribution in [-0.4, -0.2) is 36.7 Å². The first-order valence-electron chi connectivity index (χ1n) is 8.15. The summed E-state index contributed by atoms with van der Waals surface area (Å²) in [5.74, 6) is -1.32. The molecule has 0 aromatic heterocycles. The van der Waals surface area contributed by atoms with Crippen molar-refractivity contribution in [1.82, 2.24) is 5.32 Å². The molecule has 1 aliphatic rings. The molecule has 2 N–H and O–H groups in total. The van der Waals surface area contributed by atoms with Crippen LogP contribution in [0.3, 0.4) is 0 Å². The normalized spacial score (nSPS) is 17.2. The molecule has 1 aromatic carbocycles. The van der Waals surface area contributed by atoms with Gasteiger partial charge < -0.3 is 10.4 Å². The van der Waals surface area contributed by atoms with Gasteiger partial charge in [-0.3, -0.25) is 4.79 Å². The molecular weight excluding hydrogens is 330 g/mol. The monoisotopic (exact) mass is 353 g/mol. The number of carboxylic acids is 1. The van der Waals surface area contributed by atoms with Crippen LogP contribution in [0.25, 0.3) is 0 Å². The van der Waals surface area contributed by atoms with Crippen LogP contribution >= 0.6 is 0 Å². The highest BCUT2D eigenvalue weighted by atomic mass is 32.2. The lowest BCUT2D eigenvalue weighted by Gasteiger charge is -2.34. The summed E-state index contributed by atoms with van der Waals surface area (Å²) in [6.07, 6.45) is 3.48. The summed E-state index contributed by atoms with van der Waals surface area (Å²) in [4.78, 5) is 24.0. The summed E-state index contributed by atoms with van der Waals surface area (Å²) in [5.41, 5.74) is -0.514. The van der Waals surface area contributed by atoms with Gasteiger partial charge in [0.25, 0.3) is 0 Å². The third kappa shape index (κ3) is 4.14. The number of carbonyl (C=O) groups is 2. The van der Waals surface area contributed by atoms with Crippen molar-refractivity contribution in [2.75, 3.05) is 5.75 Å². The Labute approximate surface area is 142 Å². The average Bonchev–Trinajstić information content (AvgIpc) is 2.56. The van der Waals surface area contributed by atoms with Crippen LogP contribution in [0.15, 0.2) is 29.2 Å². The van der Waals surface area contributed by atoms with Gasteiger partial charge in [0.2, 0.25) is 5.91 Å². The van der Waals surface area contributed by atoms with E-state index < -0.39 is 21.3 Å². The minimum absolute atomic E-state index is 0.0218. The minimum Gasteiger partial charge on any atom is -0.480 e. The number of carboxylic acid groups (broad SMARTS) is 1. The topological polar surface area (TPSA) is 101 Å². The fourth-order valence-corrected chi connectivity index (χ4v) is 3.91. The van der Waals surface area contributed by atoms with Crippen molar-refractivity contribution in [2.45, 2.75) is 55.9 Å². The van der Waals surface area contributed by atoms with Gasteiger partial charge in [-0.15, -0.1) is 0 Å². The van der Waals surface area contributed by atoms with Gasteiger partial charge in [-0.1, -0.05) is 38.3 Å².